The highest BCUT2D eigenvalue weighted by Crippen LogP contribution is 2.36. The Balaban J connectivity index is 1.85. The number of hydrogen-bond acceptors (Lipinski definition) is 3. The molecular formula is C26H23FN2O3. The Hall–Kier alpha value is -3.93. The predicted molar refractivity (Wildman–Crippen MR) is 122 cm³/mol. The Kier molecular flexibility index (Phi) is 5.53. The number of aromatic nitrogens is 1. The molecule has 0 saturated carbocycles. The number of esters is 1. The maximum atomic E-state index is 13.4. The van der Waals surface area contributed by atoms with Gasteiger partial charge in [0.25, 0.3) is 5.91 Å². The molecule has 0 saturated heterocycles. The first-order valence-corrected chi connectivity index (χ1v) is 10.2. The number of halogens is 1. The normalized spacial score (nSPS) is 15.1. The molecule has 0 aliphatic carbocycles. The predicted octanol–water partition coefficient (Wildman–Crippen LogP) is 5.11. The van der Waals surface area contributed by atoms with E-state index >= 15 is 0 Å². The number of benzene rings is 2. The first-order chi connectivity index (χ1) is 15.3. The van der Waals surface area contributed by atoms with Gasteiger partial charge in [-0.25, -0.2) is 9.18 Å². The molecular weight excluding hydrogens is 407 g/mol. The number of aryl methyl sites for hydroxylation is 1. The molecule has 1 aliphatic rings. The van der Waals surface area contributed by atoms with Crippen molar-refractivity contribution >= 4 is 23.6 Å². The van der Waals surface area contributed by atoms with Gasteiger partial charge >= 0.3 is 5.97 Å². The summed E-state index contributed by atoms with van der Waals surface area (Å²) < 4.78 is 20.5. The number of amides is 1. The number of carbonyl (C=O) groups excluding carboxylic acids is 2. The molecule has 1 aliphatic heterocycles. The van der Waals surface area contributed by atoms with Crippen LogP contribution in [0.1, 0.15) is 23.9 Å². The first kappa shape index (κ1) is 21.3. The molecule has 0 bridgehead atoms. The van der Waals surface area contributed by atoms with Crippen molar-refractivity contribution < 1.29 is 18.7 Å². The molecule has 0 atom stereocenters. The minimum absolute atomic E-state index is 0.200. The average Bonchev–Trinajstić information content (AvgIpc) is 3.20. The fourth-order valence-electron chi connectivity index (χ4n) is 4.14. The maximum absolute atomic E-state index is 13.4. The van der Waals surface area contributed by atoms with Crippen molar-refractivity contribution in [3.8, 4) is 5.69 Å². The van der Waals surface area contributed by atoms with Crippen molar-refractivity contribution in [2.75, 3.05) is 12.0 Å². The standard InChI is InChI=1S/C26H23FN2O3/c1-16-14-19(17(2)28(16)21-8-6-5-7-9-21)15-23-24(26(31)32-4)18(3)29(25(23)30)22-12-10-20(27)11-13-22/h5-15H,1-4H3/b23-15-. The summed E-state index contributed by atoms with van der Waals surface area (Å²) in [7, 11) is 1.28. The van der Waals surface area contributed by atoms with Gasteiger partial charge < -0.3 is 9.30 Å². The number of allylic oxidation sites excluding steroid dienone is 1. The molecule has 1 aromatic heterocycles. The summed E-state index contributed by atoms with van der Waals surface area (Å²) in [6.45, 7) is 5.64. The van der Waals surface area contributed by atoms with Crippen LogP contribution in [-0.4, -0.2) is 23.6 Å². The van der Waals surface area contributed by atoms with Crippen molar-refractivity contribution in [2.45, 2.75) is 20.8 Å². The van der Waals surface area contributed by atoms with Crippen LogP contribution in [0.4, 0.5) is 10.1 Å². The molecule has 2 aromatic carbocycles. The van der Waals surface area contributed by atoms with Crippen molar-refractivity contribution in [1.29, 1.82) is 0 Å². The van der Waals surface area contributed by atoms with Crippen LogP contribution in [-0.2, 0) is 14.3 Å². The van der Waals surface area contributed by atoms with Crippen LogP contribution in [0.3, 0.4) is 0 Å². The molecule has 162 valence electrons. The van der Waals surface area contributed by atoms with E-state index in [1.807, 2.05) is 50.2 Å². The quantitative estimate of drug-likeness (QED) is 0.427. The average molecular weight is 430 g/mol. The third kappa shape index (κ3) is 3.54. The highest BCUT2D eigenvalue weighted by Gasteiger charge is 2.38. The summed E-state index contributed by atoms with van der Waals surface area (Å²) >= 11 is 0. The number of carbonyl (C=O) groups is 2. The smallest absolute Gasteiger partial charge is 0.340 e. The van der Waals surface area contributed by atoms with E-state index in [4.69, 9.17) is 4.74 Å². The number of ether oxygens (including phenoxy) is 1. The summed E-state index contributed by atoms with van der Waals surface area (Å²) in [6, 6.07) is 17.5. The van der Waals surface area contributed by atoms with Crippen LogP contribution in [0.2, 0.25) is 0 Å². The molecule has 0 spiro atoms. The molecule has 1 amide bonds. The Morgan fingerprint density at radius 2 is 1.62 bits per heavy atom. The largest absolute Gasteiger partial charge is 0.465 e. The van der Waals surface area contributed by atoms with Crippen LogP contribution in [0.25, 0.3) is 11.8 Å². The van der Waals surface area contributed by atoms with Crippen LogP contribution >= 0.6 is 0 Å². The Labute approximate surface area is 186 Å². The topological polar surface area (TPSA) is 51.5 Å². The third-order valence-electron chi connectivity index (χ3n) is 5.66. The SMILES string of the molecule is COC(=O)C1=C(C)N(c2ccc(F)cc2)C(=O)/C1=C\c1cc(C)n(-c2ccccc2)c1C. The molecule has 0 radical (unpaired) electrons. The number of para-hydroxylation sites is 1. The molecule has 0 N–H and O–H groups in total. The fraction of sp³-hybridized carbons (Fsp3) is 0.154. The summed E-state index contributed by atoms with van der Waals surface area (Å²) in [4.78, 5) is 27.4. The van der Waals surface area contributed by atoms with Gasteiger partial charge in [0.05, 0.1) is 18.3 Å². The Morgan fingerprint density at radius 1 is 0.969 bits per heavy atom. The molecule has 3 aromatic rings. The van der Waals surface area contributed by atoms with Crippen LogP contribution in [0, 0.1) is 19.7 Å². The van der Waals surface area contributed by atoms with Crippen LogP contribution in [0.15, 0.2) is 77.5 Å². The summed E-state index contributed by atoms with van der Waals surface area (Å²) in [5, 5.41) is 0. The molecule has 4 rings (SSSR count). The molecule has 0 fully saturated rings. The van der Waals surface area contributed by atoms with E-state index in [0.717, 1.165) is 22.6 Å². The van der Waals surface area contributed by atoms with E-state index in [1.165, 1.54) is 36.3 Å². The van der Waals surface area contributed by atoms with Gasteiger partial charge in [-0.2, -0.15) is 0 Å². The maximum Gasteiger partial charge on any atom is 0.340 e. The van der Waals surface area contributed by atoms with Crippen molar-refractivity contribution in [1.82, 2.24) is 4.57 Å². The lowest BCUT2D eigenvalue weighted by Gasteiger charge is -2.17. The van der Waals surface area contributed by atoms with Gasteiger partial charge in [-0.15, -0.1) is 0 Å². The van der Waals surface area contributed by atoms with Gasteiger partial charge in [-0.05, 0) is 74.9 Å². The zero-order chi connectivity index (χ0) is 23.0. The number of methoxy groups -OCH3 is 1. The number of hydrogen-bond donors (Lipinski definition) is 0. The lowest BCUT2D eigenvalue weighted by molar-refractivity contribution is -0.136. The lowest BCUT2D eigenvalue weighted by Crippen LogP contribution is -2.24. The van der Waals surface area contributed by atoms with E-state index in [-0.39, 0.29) is 17.1 Å². The van der Waals surface area contributed by atoms with Gasteiger partial charge in [-0.1, -0.05) is 18.2 Å². The number of rotatable bonds is 4. The second kappa shape index (κ2) is 8.30. The highest BCUT2D eigenvalue weighted by molar-refractivity contribution is 6.23. The van der Waals surface area contributed by atoms with Gasteiger partial charge in [-0.3, -0.25) is 9.69 Å². The first-order valence-electron chi connectivity index (χ1n) is 10.2. The van der Waals surface area contributed by atoms with E-state index in [9.17, 15) is 14.0 Å². The number of anilines is 1. The van der Waals surface area contributed by atoms with Gasteiger partial charge in [0, 0.05) is 28.5 Å². The summed E-state index contributed by atoms with van der Waals surface area (Å²) in [5.74, 6) is -1.36. The minimum Gasteiger partial charge on any atom is -0.465 e. The monoisotopic (exact) mass is 430 g/mol. The van der Waals surface area contributed by atoms with Gasteiger partial charge in [0.15, 0.2) is 0 Å². The van der Waals surface area contributed by atoms with E-state index in [0.29, 0.717) is 11.4 Å². The summed E-state index contributed by atoms with van der Waals surface area (Å²) in [6.07, 6.45) is 1.73. The highest BCUT2D eigenvalue weighted by atomic mass is 19.1. The zero-order valence-corrected chi connectivity index (χ0v) is 18.3. The second-order valence-electron chi connectivity index (χ2n) is 7.62. The summed E-state index contributed by atoms with van der Waals surface area (Å²) in [5.41, 5.74) is 5.14. The third-order valence-corrected chi connectivity index (χ3v) is 5.66. The molecule has 6 heteroatoms. The van der Waals surface area contributed by atoms with Crippen molar-refractivity contribution in [3.63, 3.8) is 0 Å². The number of nitrogens with zero attached hydrogens (tertiary/aromatic N) is 2. The lowest BCUT2D eigenvalue weighted by atomic mass is 10.0. The molecule has 32 heavy (non-hydrogen) atoms. The van der Waals surface area contributed by atoms with E-state index in [1.54, 1.807) is 13.0 Å². The van der Waals surface area contributed by atoms with Crippen molar-refractivity contribution in [3.05, 3.63) is 100 Å². The fourth-order valence-corrected chi connectivity index (χ4v) is 4.14. The molecule has 0 unspecified atom stereocenters. The van der Waals surface area contributed by atoms with Crippen LogP contribution in [0.5, 0.6) is 0 Å². The second-order valence-corrected chi connectivity index (χ2v) is 7.62. The van der Waals surface area contributed by atoms with Gasteiger partial charge in [0.1, 0.15) is 5.82 Å². The molecule has 2 heterocycles. The van der Waals surface area contributed by atoms with Gasteiger partial charge in [0.2, 0.25) is 0 Å². The molecule has 5 nitrogen and oxygen atoms in total. The Morgan fingerprint density at radius 3 is 2.25 bits per heavy atom. The van der Waals surface area contributed by atoms with Crippen molar-refractivity contribution in [2.24, 2.45) is 0 Å². The minimum atomic E-state index is -0.594. The van der Waals surface area contributed by atoms with E-state index < -0.39 is 11.8 Å². The van der Waals surface area contributed by atoms with Crippen LogP contribution < -0.4 is 4.90 Å². The van der Waals surface area contributed by atoms with E-state index in [2.05, 4.69) is 4.57 Å². The zero-order valence-electron chi connectivity index (χ0n) is 18.3. The Bertz CT molecular complexity index is 1270.